The SMILES string of the molecule is Cc1cc(-c2csc(NC(=O)COc3ccc([N+](=O)[O-])cc3)n2)c(C)o1. The third kappa shape index (κ3) is 4.06. The van der Waals surface area contributed by atoms with Crippen molar-refractivity contribution in [2.24, 2.45) is 0 Å². The predicted molar refractivity (Wildman–Crippen MR) is 96.5 cm³/mol. The lowest BCUT2D eigenvalue weighted by Gasteiger charge is -2.05. The van der Waals surface area contributed by atoms with Gasteiger partial charge in [0.2, 0.25) is 0 Å². The second-order valence-electron chi connectivity index (χ2n) is 5.45. The molecule has 0 spiro atoms. The number of hydrogen-bond acceptors (Lipinski definition) is 7. The van der Waals surface area contributed by atoms with Gasteiger partial charge < -0.3 is 9.15 Å². The van der Waals surface area contributed by atoms with Gasteiger partial charge in [0.15, 0.2) is 11.7 Å². The fourth-order valence-electron chi connectivity index (χ4n) is 2.31. The van der Waals surface area contributed by atoms with Gasteiger partial charge in [0.25, 0.3) is 11.6 Å². The van der Waals surface area contributed by atoms with Crippen LogP contribution in [0.1, 0.15) is 11.5 Å². The van der Waals surface area contributed by atoms with E-state index in [2.05, 4.69) is 10.3 Å². The molecule has 0 saturated carbocycles. The molecule has 0 aliphatic carbocycles. The van der Waals surface area contributed by atoms with Gasteiger partial charge in [-0.2, -0.15) is 0 Å². The molecule has 0 unspecified atom stereocenters. The van der Waals surface area contributed by atoms with Gasteiger partial charge >= 0.3 is 0 Å². The summed E-state index contributed by atoms with van der Waals surface area (Å²) in [5.74, 6) is 1.57. The van der Waals surface area contributed by atoms with Gasteiger partial charge in [-0.05, 0) is 32.0 Å². The number of benzene rings is 1. The molecule has 2 aromatic heterocycles. The summed E-state index contributed by atoms with van der Waals surface area (Å²) < 4.78 is 10.8. The molecule has 134 valence electrons. The number of nitrogens with zero attached hydrogens (tertiary/aromatic N) is 2. The molecule has 3 aromatic rings. The molecular weight excluding hydrogens is 358 g/mol. The number of aromatic nitrogens is 1. The number of nitrogens with one attached hydrogen (secondary N) is 1. The zero-order chi connectivity index (χ0) is 18.7. The summed E-state index contributed by atoms with van der Waals surface area (Å²) in [6, 6.07) is 7.41. The largest absolute Gasteiger partial charge is 0.484 e. The van der Waals surface area contributed by atoms with Crippen LogP contribution in [-0.4, -0.2) is 22.4 Å². The van der Waals surface area contributed by atoms with Gasteiger partial charge in [0, 0.05) is 23.1 Å². The smallest absolute Gasteiger partial charge is 0.269 e. The second-order valence-corrected chi connectivity index (χ2v) is 6.31. The number of aryl methyl sites for hydroxylation is 2. The van der Waals surface area contributed by atoms with E-state index in [0.29, 0.717) is 10.9 Å². The van der Waals surface area contributed by atoms with E-state index in [1.807, 2.05) is 25.3 Å². The highest BCUT2D eigenvalue weighted by atomic mass is 32.1. The molecule has 0 radical (unpaired) electrons. The van der Waals surface area contributed by atoms with E-state index in [-0.39, 0.29) is 18.2 Å². The minimum Gasteiger partial charge on any atom is -0.484 e. The molecule has 8 nitrogen and oxygen atoms in total. The summed E-state index contributed by atoms with van der Waals surface area (Å²) in [6.07, 6.45) is 0. The highest BCUT2D eigenvalue weighted by Crippen LogP contribution is 2.29. The molecule has 1 aromatic carbocycles. The van der Waals surface area contributed by atoms with Crippen molar-refractivity contribution in [2.45, 2.75) is 13.8 Å². The van der Waals surface area contributed by atoms with Crippen molar-refractivity contribution in [3.05, 3.63) is 57.3 Å². The number of carbonyl (C=O) groups excluding carboxylic acids is 1. The third-order valence-corrected chi connectivity index (χ3v) is 4.24. The lowest BCUT2D eigenvalue weighted by molar-refractivity contribution is -0.384. The third-order valence-electron chi connectivity index (χ3n) is 3.48. The number of furan rings is 1. The van der Waals surface area contributed by atoms with Crippen molar-refractivity contribution < 1.29 is 18.9 Å². The molecule has 0 aliphatic rings. The Bertz CT molecular complexity index is 946. The Morgan fingerprint density at radius 2 is 2.08 bits per heavy atom. The number of nitro benzene ring substituents is 1. The number of ether oxygens (including phenoxy) is 1. The molecule has 0 atom stereocenters. The molecule has 1 amide bonds. The Hall–Kier alpha value is -3.20. The minimum absolute atomic E-state index is 0.0399. The summed E-state index contributed by atoms with van der Waals surface area (Å²) in [4.78, 5) is 26.5. The highest BCUT2D eigenvalue weighted by molar-refractivity contribution is 7.14. The van der Waals surface area contributed by atoms with Crippen molar-refractivity contribution in [1.29, 1.82) is 0 Å². The monoisotopic (exact) mass is 373 g/mol. The molecular formula is C17H15N3O5S. The highest BCUT2D eigenvalue weighted by Gasteiger charge is 2.13. The van der Waals surface area contributed by atoms with Gasteiger partial charge in [-0.3, -0.25) is 20.2 Å². The predicted octanol–water partition coefficient (Wildman–Crippen LogP) is 3.95. The first kappa shape index (κ1) is 17.6. The summed E-state index contributed by atoms with van der Waals surface area (Å²) in [7, 11) is 0. The van der Waals surface area contributed by atoms with Crippen molar-refractivity contribution in [3.8, 4) is 17.0 Å². The van der Waals surface area contributed by atoms with Crippen LogP contribution in [0.3, 0.4) is 0 Å². The van der Waals surface area contributed by atoms with E-state index >= 15 is 0 Å². The van der Waals surface area contributed by atoms with Crippen molar-refractivity contribution in [1.82, 2.24) is 4.98 Å². The van der Waals surface area contributed by atoms with E-state index in [0.717, 1.165) is 22.8 Å². The summed E-state index contributed by atoms with van der Waals surface area (Å²) in [5.41, 5.74) is 1.58. The van der Waals surface area contributed by atoms with Crippen molar-refractivity contribution in [2.75, 3.05) is 11.9 Å². The first-order chi connectivity index (χ1) is 12.4. The Labute approximate surface area is 152 Å². The van der Waals surface area contributed by atoms with Gasteiger partial charge in [0.05, 0.1) is 10.6 Å². The maximum Gasteiger partial charge on any atom is 0.269 e. The van der Waals surface area contributed by atoms with E-state index in [1.165, 1.54) is 35.6 Å². The molecule has 0 saturated heterocycles. The number of anilines is 1. The van der Waals surface area contributed by atoms with Crippen LogP contribution in [0.5, 0.6) is 5.75 Å². The number of thiazole rings is 1. The van der Waals surface area contributed by atoms with Crippen LogP contribution in [0, 0.1) is 24.0 Å². The number of nitro groups is 1. The Morgan fingerprint density at radius 1 is 1.35 bits per heavy atom. The standard InChI is InChI=1S/C17H15N3O5S/c1-10-7-14(11(2)25-10)15-9-26-17(18-15)19-16(21)8-24-13-5-3-12(4-6-13)20(22)23/h3-7,9H,8H2,1-2H3,(H,18,19,21). The van der Waals surface area contributed by atoms with Crippen molar-refractivity contribution in [3.63, 3.8) is 0 Å². The van der Waals surface area contributed by atoms with Gasteiger partial charge in [-0.1, -0.05) is 0 Å². The molecule has 2 heterocycles. The maximum absolute atomic E-state index is 12.0. The molecule has 1 N–H and O–H groups in total. The van der Waals surface area contributed by atoms with E-state index in [9.17, 15) is 14.9 Å². The zero-order valence-corrected chi connectivity index (χ0v) is 14.8. The fraction of sp³-hybridized carbons (Fsp3) is 0.176. The first-order valence-corrected chi connectivity index (χ1v) is 8.50. The zero-order valence-electron chi connectivity index (χ0n) is 14.0. The van der Waals surface area contributed by atoms with Gasteiger partial charge in [-0.15, -0.1) is 11.3 Å². The number of rotatable bonds is 6. The fourth-order valence-corrected chi connectivity index (χ4v) is 3.04. The molecule has 26 heavy (non-hydrogen) atoms. The first-order valence-electron chi connectivity index (χ1n) is 7.62. The average molecular weight is 373 g/mol. The van der Waals surface area contributed by atoms with E-state index in [4.69, 9.17) is 9.15 Å². The summed E-state index contributed by atoms with van der Waals surface area (Å²) in [6.45, 7) is 3.50. The quantitative estimate of drug-likeness (QED) is 0.518. The van der Waals surface area contributed by atoms with Crippen LogP contribution in [0.25, 0.3) is 11.3 Å². The van der Waals surface area contributed by atoms with Crippen LogP contribution in [0.2, 0.25) is 0 Å². The van der Waals surface area contributed by atoms with Gasteiger partial charge in [-0.25, -0.2) is 4.98 Å². The summed E-state index contributed by atoms with van der Waals surface area (Å²) >= 11 is 1.30. The maximum atomic E-state index is 12.0. The number of amides is 1. The van der Waals surface area contributed by atoms with E-state index < -0.39 is 4.92 Å². The number of carbonyl (C=O) groups is 1. The molecule has 0 bridgehead atoms. The number of non-ortho nitro benzene ring substituents is 1. The van der Waals surface area contributed by atoms with E-state index in [1.54, 1.807) is 0 Å². The molecule has 0 fully saturated rings. The average Bonchev–Trinajstić information content (AvgIpc) is 3.19. The summed E-state index contributed by atoms with van der Waals surface area (Å²) in [5, 5.41) is 15.6. The van der Waals surface area contributed by atoms with Crippen LogP contribution in [0.4, 0.5) is 10.8 Å². The van der Waals surface area contributed by atoms with Gasteiger partial charge in [0.1, 0.15) is 17.3 Å². The molecule has 0 aliphatic heterocycles. The number of hydrogen-bond donors (Lipinski definition) is 1. The lowest BCUT2D eigenvalue weighted by Crippen LogP contribution is -2.20. The van der Waals surface area contributed by atoms with Crippen LogP contribution in [-0.2, 0) is 4.79 Å². The van der Waals surface area contributed by atoms with Crippen LogP contribution in [0.15, 0.2) is 40.1 Å². The van der Waals surface area contributed by atoms with Crippen LogP contribution >= 0.6 is 11.3 Å². The van der Waals surface area contributed by atoms with Crippen LogP contribution < -0.4 is 10.1 Å². The molecule has 3 rings (SSSR count). The lowest BCUT2D eigenvalue weighted by atomic mass is 10.2. The Morgan fingerprint density at radius 3 is 2.69 bits per heavy atom. The normalized spacial score (nSPS) is 10.5. The second kappa shape index (κ2) is 7.36. The Kier molecular flexibility index (Phi) is 4.99. The molecule has 9 heteroatoms. The topological polar surface area (TPSA) is 108 Å². The Balaban J connectivity index is 1.57. The van der Waals surface area contributed by atoms with Crippen molar-refractivity contribution >= 4 is 28.1 Å². The minimum atomic E-state index is -0.500.